The van der Waals surface area contributed by atoms with E-state index in [2.05, 4.69) is 57.1 Å². The van der Waals surface area contributed by atoms with Crippen LogP contribution in [0.3, 0.4) is 0 Å². The lowest BCUT2D eigenvalue weighted by atomic mass is 10.1. The monoisotopic (exact) mass is 377 g/mol. The van der Waals surface area contributed by atoms with Gasteiger partial charge in [-0.3, -0.25) is 0 Å². The van der Waals surface area contributed by atoms with Crippen LogP contribution in [0.5, 0.6) is 0 Å². The first kappa shape index (κ1) is 13.3. The molecule has 0 aliphatic carbocycles. The summed E-state index contributed by atoms with van der Waals surface area (Å²) in [5, 5.41) is 3.44. The molecule has 5 heteroatoms. The number of hydrogen-bond donors (Lipinski definition) is 1. The summed E-state index contributed by atoms with van der Waals surface area (Å²) in [4.78, 5) is 1.26. The summed E-state index contributed by atoms with van der Waals surface area (Å²) in [6, 6.07) is 6.25. The van der Waals surface area contributed by atoms with Crippen molar-refractivity contribution in [3.8, 4) is 0 Å². The minimum atomic E-state index is 0.126. The number of rotatable bonds is 4. The summed E-state index contributed by atoms with van der Waals surface area (Å²) in [6.45, 7) is 5.10. The Hall–Kier alpha value is -0.100. The van der Waals surface area contributed by atoms with Crippen LogP contribution in [0.25, 0.3) is 0 Å². The summed E-state index contributed by atoms with van der Waals surface area (Å²) in [5.74, 6) is 0.937. The molecule has 0 spiro atoms. The minimum absolute atomic E-state index is 0.126. The maximum atomic E-state index is 5.65. The molecule has 2 aromatic heterocycles. The molecule has 0 aliphatic heterocycles. The Morgan fingerprint density at radius 3 is 2.65 bits per heavy atom. The van der Waals surface area contributed by atoms with Crippen molar-refractivity contribution in [2.45, 2.75) is 19.9 Å². The molecule has 1 atom stereocenters. The van der Waals surface area contributed by atoms with Crippen molar-refractivity contribution in [2.75, 3.05) is 6.54 Å². The van der Waals surface area contributed by atoms with Crippen molar-refractivity contribution in [2.24, 2.45) is 0 Å². The lowest BCUT2D eigenvalue weighted by Crippen LogP contribution is -2.20. The molecule has 2 nitrogen and oxygen atoms in total. The zero-order valence-electron chi connectivity index (χ0n) is 9.59. The van der Waals surface area contributed by atoms with Crippen LogP contribution in [-0.2, 0) is 0 Å². The highest BCUT2D eigenvalue weighted by atomic mass is 79.9. The van der Waals surface area contributed by atoms with Crippen LogP contribution < -0.4 is 5.32 Å². The van der Waals surface area contributed by atoms with Crippen molar-refractivity contribution in [1.29, 1.82) is 0 Å². The smallest absolute Gasteiger partial charge is 0.169 e. The van der Waals surface area contributed by atoms with Crippen LogP contribution in [0.15, 0.2) is 31.1 Å². The second kappa shape index (κ2) is 5.69. The number of aryl methyl sites for hydroxylation is 1. The van der Waals surface area contributed by atoms with E-state index in [4.69, 9.17) is 4.42 Å². The second-order valence-corrected chi connectivity index (χ2v) is 6.92. The molecule has 1 unspecified atom stereocenters. The Morgan fingerprint density at radius 1 is 1.41 bits per heavy atom. The van der Waals surface area contributed by atoms with Crippen LogP contribution >= 0.6 is 43.2 Å². The Balaban J connectivity index is 2.34. The molecule has 0 radical (unpaired) electrons. The molecule has 92 valence electrons. The van der Waals surface area contributed by atoms with Gasteiger partial charge in [-0.05, 0) is 69.1 Å². The van der Waals surface area contributed by atoms with E-state index >= 15 is 0 Å². The van der Waals surface area contributed by atoms with Crippen LogP contribution in [0.1, 0.15) is 29.2 Å². The third kappa shape index (κ3) is 3.02. The van der Waals surface area contributed by atoms with Gasteiger partial charge in [0, 0.05) is 4.88 Å². The molecule has 1 N–H and O–H groups in total. The first-order valence-corrected chi connectivity index (χ1v) is 7.76. The Kier molecular flexibility index (Phi) is 4.47. The van der Waals surface area contributed by atoms with Crippen molar-refractivity contribution in [1.82, 2.24) is 5.32 Å². The van der Waals surface area contributed by atoms with Crippen molar-refractivity contribution in [3.63, 3.8) is 0 Å². The van der Waals surface area contributed by atoms with Gasteiger partial charge in [0.2, 0.25) is 0 Å². The van der Waals surface area contributed by atoms with E-state index in [0.29, 0.717) is 0 Å². The van der Waals surface area contributed by atoms with Gasteiger partial charge in [-0.2, -0.15) is 0 Å². The molecule has 0 aromatic carbocycles. The van der Waals surface area contributed by atoms with Gasteiger partial charge in [0.1, 0.15) is 11.8 Å². The van der Waals surface area contributed by atoms with Crippen molar-refractivity contribution >= 4 is 43.2 Å². The summed E-state index contributed by atoms with van der Waals surface area (Å²) in [5.41, 5.74) is 1.26. The van der Waals surface area contributed by atoms with Crippen LogP contribution in [0, 0.1) is 6.92 Å². The van der Waals surface area contributed by atoms with Gasteiger partial charge in [0.25, 0.3) is 0 Å². The Labute approximate surface area is 122 Å². The average molecular weight is 379 g/mol. The first-order chi connectivity index (χ1) is 8.11. The zero-order valence-corrected chi connectivity index (χ0v) is 13.6. The van der Waals surface area contributed by atoms with Gasteiger partial charge >= 0.3 is 0 Å². The Bertz CT molecular complexity index is 487. The third-order valence-corrected chi connectivity index (χ3v) is 5.08. The molecule has 0 aliphatic rings. The van der Waals surface area contributed by atoms with E-state index in [1.165, 1.54) is 14.2 Å². The van der Waals surface area contributed by atoms with E-state index in [0.717, 1.165) is 17.0 Å². The second-order valence-electron chi connectivity index (χ2n) is 3.74. The topological polar surface area (TPSA) is 25.2 Å². The van der Waals surface area contributed by atoms with Crippen molar-refractivity contribution in [3.05, 3.63) is 42.9 Å². The predicted octanol–water partition coefficient (Wildman–Crippen LogP) is 4.87. The van der Waals surface area contributed by atoms with Gasteiger partial charge < -0.3 is 9.73 Å². The molecule has 0 saturated carbocycles. The van der Waals surface area contributed by atoms with Gasteiger partial charge in [0.15, 0.2) is 4.67 Å². The first-order valence-electron chi connectivity index (χ1n) is 5.36. The maximum absolute atomic E-state index is 5.65. The highest BCUT2D eigenvalue weighted by molar-refractivity contribution is 9.11. The van der Waals surface area contributed by atoms with Gasteiger partial charge in [-0.15, -0.1) is 11.3 Å². The largest absolute Gasteiger partial charge is 0.452 e. The van der Waals surface area contributed by atoms with E-state index in [1.54, 1.807) is 11.3 Å². The fourth-order valence-corrected chi connectivity index (χ4v) is 3.63. The maximum Gasteiger partial charge on any atom is 0.169 e. The fourth-order valence-electron chi connectivity index (χ4n) is 1.65. The standard InChI is InChI=1S/C12H13Br2NOS/c1-3-15-11(8-4-5-10(13)16-8)9-6-7(2)12(14)17-9/h4-6,11,15H,3H2,1-2H3. The fraction of sp³-hybridized carbons (Fsp3) is 0.333. The number of thiophene rings is 1. The van der Waals surface area contributed by atoms with Gasteiger partial charge in [0.05, 0.1) is 3.79 Å². The molecular weight excluding hydrogens is 366 g/mol. The van der Waals surface area contributed by atoms with Crippen LogP contribution in [0.2, 0.25) is 0 Å². The molecule has 0 saturated heterocycles. The molecule has 2 aromatic rings. The summed E-state index contributed by atoms with van der Waals surface area (Å²) in [6.07, 6.45) is 0. The molecule has 0 fully saturated rings. The lowest BCUT2D eigenvalue weighted by Gasteiger charge is -2.13. The molecule has 2 rings (SSSR count). The normalized spacial score (nSPS) is 12.9. The highest BCUT2D eigenvalue weighted by Gasteiger charge is 2.19. The number of halogens is 2. The SMILES string of the molecule is CCNC(c1ccc(Br)o1)c1cc(C)c(Br)s1. The van der Waals surface area contributed by atoms with E-state index < -0.39 is 0 Å². The molecule has 0 amide bonds. The summed E-state index contributed by atoms with van der Waals surface area (Å²) in [7, 11) is 0. The van der Waals surface area contributed by atoms with Crippen LogP contribution in [0.4, 0.5) is 0 Å². The molecule has 2 heterocycles. The van der Waals surface area contributed by atoms with Crippen molar-refractivity contribution < 1.29 is 4.42 Å². The van der Waals surface area contributed by atoms with Gasteiger partial charge in [-0.25, -0.2) is 0 Å². The lowest BCUT2D eigenvalue weighted by molar-refractivity contribution is 0.440. The van der Waals surface area contributed by atoms with E-state index in [1.807, 2.05) is 12.1 Å². The minimum Gasteiger partial charge on any atom is -0.452 e. The third-order valence-electron chi connectivity index (χ3n) is 2.45. The quantitative estimate of drug-likeness (QED) is 0.820. The number of hydrogen-bond acceptors (Lipinski definition) is 3. The number of nitrogens with one attached hydrogen (secondary N) is 1. The molecular formula is C12H13Br2NOS. The number of furan rings is 1. The Morgan fingerprint density at radius 2 is 2.18 bits per heavy atom. The van der Waals surface area contributed by atoms with Gasteiger partial charge in [-0.1, -0.05) is 6.92 Å². The zero-order chi connectivity index (χ0) is 12.4. The average Bonchev–Trinajstić information content (AvgIpc) is 2.83. The molecule has 17 heavy (non-hydrogen) atoms. The van der Waals surface area contributed by atoms with Crippen LogP contribution in [-0.4, -0.2) is 6.54 Å². The van der Waals surface area contributed by atoms with E-state index in [-0.39, 0.29) is 6.04 Å². The predicted molar refractivity (Wildman–Crippen MR) is 78.7 cm³/mol. The summed E-state index contributed by atoms with van der Waals surface area (Å²) >= 11 is 8.65. The highest BCUT2D eigenvalue weighted by Crippen LogP contribution is 2.35. The van der Waals surface area contributed by atoms with E-state index in [9.17, 15) is 0 Å². The summed E-state index contributed by atoms with van der Waals surface area (Å²) < 4.78 is 7.60. The molecule has 0 bridgehead atoms.